The molecule has 3 aromatic rings. The van der Waals surface area contributed by atoms with Gasteiger partial charge in [0.1, 0.15) is 12.1 Å². The Hall–Kier alpha value is -2.34. The van der Waals surface area contributed by atoms with Crippen LogP contribution in [0, 0.1) is 6.92 Å². The molecule has 0 unspecified atom stereocenters. The molecule has 1 aromatic carbocycles. The molecule has 0 atom stereocenters. The second-order valence-corrected chi connectivity index (χ2v) is 5.70. The van der Waals surface area contributed by atoms with Gasteiger partial charge in [-0.15, -0.1) is 11.3 Å². The number of rotatable bonds is 3. The van der Waals surface area contributed by atoms with Crippen LogP contribution in [-0.4, -0.2) is 16.8 Å². The largest absolute Gasteiger partial charge is 0.454 e. The Morgan fingerprint density at radius 2 is 2.24 bits per heavy atom. The van der Waals surface area contributed by atoms with E-state index in [1.165, 1.54) is 5.56 Å². The number of thiophene rings is 1. The lowest BCUT2D eigenvalue weighted by Gasteiger charge is -2.08. The summed E-state index contributed by atoms with van der Waals surface area (Å²) in [6, 6.07) is 5.91. The Morgan fingerprint density at radius 3 is 3.19 bits per heavy atom. The number of hydrogen-bond acceptors (Lipinski definition) is 6. The monoisotopic (exact) mass is 299 g/mol. The summed E-state index contributed by atoms with van der Waals surface area (Å²) in [7, 11) is 0. The third-order valence-electron chi connectivity index (χ3n) is 3.46. The molecule has 21 heavy (non-hydrogen) atoms. The SMILES string of the molecule is Cc1csc2c(NCc3cccc4c3OCO4)ncnc12. The number of benzene rings is 1. The molecule has 106 valence electrons. The van der Waals surface area contributed by atoms with E-state index in [2.05, 4.69) is 27.6 Å². The van der Waals surface area contributed by atoms with Gasteiger partial charge in [-0.25, -0.2) is 9.97 Å². The zero-order valence-electron chi connectivity index (χ0n) is 11.4. The van der Waals surface area contributed by atoms with Gasteiger partial charge in [-0.3, -0.25) is 0 Å². The fraction of sp³-hybridized carbons (Fsp3) is 0.200. The third kappa shape index (κ3) is 2.08. The van der Waals surface area contributed by atoms with Gasteiger partial charge >= 0.3 is 0 Å². The van der Waals surface area contributed by atoms with Crippen LogP contribution >= 0.6 is 11.3 Å². The molecule has 0 saturated carbocycles. The Balaban J connectivity index is 1.63. The first-order valence-corrected chi connectivity index (χ1v) is 7.51. The van der Waals surface area contributed by atoms with Gasteiger partial charge in [-0.1, -0.05) is 12.1 Å². The first kappa shape index (κ1) is 12.4. The number of ether oxygens (including phenoxy) is 2. The van der Waals surface area contributed by atoms with Crippen LogP contribution in [0.1, 0.15) is 11.1 Å². The molecule has 3 heterocycles. The van der Waals surface area contributed by atoms with Gasteiger partial charge in [0.15, 0.2) is 11.5 Å². The van der Waals surface area contributed by atoms with Crippen LogP contribution in [0.25, 0.3) is 10.2 Å². The minimum Gasteiger partial charge on any atom is -0.454 e. The summed E-state index contributed by atoms with van der Waals surface area (Å²) >= 11 is 1.66. The van der Waals surface area contributed by atoms with Crippen molar-refractivity contribution in [3.63, 3.8) is 0 Å². The second kappa shape index (κ2) is 4.89. The smallest absolute Gasteiger partial charge is 0.231 e. The summed E-state index contributed by atoms with van der Waals surface area (Å²) in [6.45, 7) is 2.98. The molecule has 1 aliphatic heterocycles. The van der Waals surface area contributed by atoms with Crippen LogP contribution in [0.4, 0.5) is 5.82 Å². The molecule has 0 aliphatic carbocycles. The minimum absolute atomic E-state index is 0.286. The summed E-state index contributed by atoms with van der Waals surface area (Å²) in [6.07, 6.45) is 1.60. The average molecular weight is 299 g/mol. The Morgan fingerprint density at radius 1 is 1.29 bits per heavy atom. The van der Waals surface area contributed by atoms with E-state index in [9.17, 15) is 0 Å². The van der Waals surface area contributed by atoms with E-state index in [-0.39, 0.29) is 6.79 Å². The lowest BCUT2D eigenvalue weighted by molar-refractivity contribution is 0.173. The second-order valence-electron chi connectivity index (χ2n) is 4.82. The Kier molecular flexibility index (Phi) is 2.89. The topological polar surface area (TPSA) is 56.3 Å². The van der Waals surface area contributed by atoms with Crippen molar-refractivity contribution in [2.45, 2.75) is 13.5 Å². The van der Waals surface area contributed by atoms with Crippen molar-refractivity contribution < 1.29 is 9.47 Å². The number of hydrogen-bond donors (Lipinski definition) is 1. The predicted molar refractivity (Wildman–Crippen MR) is 82.0 cm³/mol. The highest BCUT2D eigenvalue weighted by molar-refractivity contribution is 7.18. The normalized spacial score (nSPS) is 12.8. The standard InChI is InChI=1S/C15H13N3O2S/c1-9-6-21-14-12(9)17-7-18-15(14)16-5-10-3-2-4-11-13(10)20-8-19-11/h2-4,6-7H,5,8H2,1H3,(H,16,17,18). The van der Waals surface area contributed by atoms with E-state index in [0.717, 1.165) is 33.1 Å². The van der Waals surface area contributed by atoms with E-state index < -0.39 is 0 Å². The van der Waals surface area contributed by atoms with E-state index in [0.29, 0.717) is 6.54 Å². The highest BCUT2D eigenvalue weighted by Crippen LogP contribution is 2.36. The van der Waals surface area contributed by atoms with Gasteiger partial charge < -0.3 is 14.8 Å². The van der Waals surface area contributed by atoms with Crippen LogP contribution in [0.2, 0.25) is 0 Å². The van der Waals surface area contributed by atoms with Crippen molar-refractivity contribution in [2.24, 2.45) is 0 Å². The number of anilines is 1. The molecule has 4 rings (SSSR count). The van der Waals surface area contributed by atoms with Gasteiger partial charge in [0.25, 0.3) is 0 Å². The summed E-state index contributed by atoms with van der Waals surface area (Å²) in [5.41, 5.74) is 3.25. The van der Waals surface area contributed by atoms with Crippen molar-refractivity contribution >= 4 is 27.4 Å². The van der Waals surface area contributed by atoms with Crippen molar-refractivity contribution in [1.29, 1.82) is 0 Å². The third-order valence-corrected chi connectivity index (χ3v) is 4.55. The van der Waals surface area contributed by atoms with E-state index in [1.807, 2.05) is 18.2 Å². The number of nitrogens with one attached hydrogen (secondary N) is 1. The van der Waals surface area contributed by atoms with Crippen molar-refractivity contribution in [1.82, 2.24) is 9.97 Å². The number of aryl methyl sites for hydroxylation is 1. The zero-order valence-corrected chi connectivity index (χ0v) is 12.2. The highest BCUT2D eigenvalue weighted by atomic mass is 32.1. The van der Waals surface area contributed by atoms with E-state index in [4.69, 9.17) is 9.47 Å². The molecule has 0 amide bonds. The maximum absolute atomic E-state index is 5.52. The van der Waals surface area contributed by atoms with Crippen molar-refractivity contribution in [3.8, 4) is 11.5 Å². The highest BCUT2D eigenvalue weighted by Gasteiger charge is 2.17. The van der Waals surface area contributed by atoms with Gasteiger partial charge in [0, 0.05) is 12.1 Å². The summed E-state index contributed by atoms with van der Waals surface area (Å²) in [5, 5.41) is 5.47. The maximum Gasteiger partial charge on any atom is 0.231 e. The number of aromatic nitrogens is 2. The summed E-state index contributed by atoms with van der Waals surface area (Å²) in [4.78, 5) is 8.67. The number of para-hydroxylation sites is 1. The molecular formula is C15H13N3O2S. The fourth-order valence-electron chi connectivity index (χ4n) is 2.40. The van der Waals surface area contributed by atoms with Crippen LogP contribution in [0.15, 0.2) is 29.9 Å². The van der Waals surface area contributed by atoms with Gasteiger partial charge in [-0.05, 0) is 23.9 Å². The molecule has 0 radical (unpaired) electrons. The van der Waals surface area contributed by atoms with Crippen LogP contribution in [-0.2, 0) is 6.54 Å². The molecule has 1 aliphatic rings. The maximum atomic E-state index is 5.52. The first-order valence-electron chi connectivity index (χ1n) is 6.63. The van der Waals surface area contributed by atoms with Gasteiger partial charge in [-0.2, -0.15) is 0 Å². The molecule has 0 fully saturated rings. The first-order chi connectivity index (χ1) is 10.3. The van der Waals surface area contributed by atoms with Crippen molar-refractivity contribution in [3.05, 3.63) is 41.0 Å². The quantitative estimate of drug-likeness (QED) is 0.804. The lowest BCUT2D eigenvalue weighted by atomic mass is 10.2. The molecule has 1 N–H and O–H groups in total. The Labute approximate surface area is 125 Å². The molecule has 0 spiro atoms. The number of nitrogens with zero attached hydrogens (tertiary/aromatic N) is 2. The van der Waals surface area contributed by atoms with E-state index >= 15 is 0 Å². The summed E-state index contributed by atoms with van der Waals surface area (Å²) in [5.74, 6) is 2.47. The molecular weight excluding hydrogens is 286 g/mol. The predicted octanol–water partition coefficient (Wildman–Crippen LogP) is 3.34. The fourth-order valence-corrected chi connectivity index (χ4v) is 3.37. The zero-order chi connectivity index (χ0) is 14.2. The van der Waals surface area contributed by atoms with Gasteiger partial charge in [0.05, 0.1) is 10.2 Å². The minimum atomic E-state index is 0.286. The van der Waals surface area contributed by atoms with Crippen molar-refractivity contribution in [2.75, 3.05) is 12.1 Å². The molecule has 2 aromatic heterocycles. The average Bonchev–Trinajstić information content (AvgIpc) is 3.13. The molecule has 5 nitrogen and oxygen atoms in total. The van der Waals surface area contributed by atoms with Crippen LogP contribution in [0.3, 0.4) is 0 Å². The number of fused-ring (bicyclic) bond motifs is 2. The van der Waals surface area contributed by atoms with E-state index in [1.54, 1.807) is 17.7 Å². The molecule has 6 heteroatoms. The molecule has 0 saturated heterocycles. The summed E-state index contributed by atoms with van der Waals surface area (Å²) < 4.78 is 12.0. The molecule has 0 bridgehead atoms. The van der Waals surface area contributed by atoms with Crippen LogP contribution < -0.4 is 14.8 Å². The lowest BCUT2D eigenvalue weighted by Crippen LogP contribution is -2.03. The Bertz CT molecular complexity index is 816. The van der Waals surface area contributed by atoms with Gasteiger partial charge in [0.2, 0.25) is 6.79 Å². The van der Waals surface area contributed by atoms with Crippen LogP contribution in [0.5, 0.6) is 11.5 Å².